The summed E-state index contributed by atoms with van der Waals surface area (Å²) in [5.41, 5.74) is 1.54. The quantitative estimate of drug-likeness (QED) is 0.0628. The Balaban J connectivity index is 2.31. The summed E-state index contributed by atoms with van der Waals surface area (Å²) in [5.74, 6) is -0.0402. The summed E-state index contributed by atoms with van der Waals surface area (Å²) in [6.45, 7) is 39.1. The van der Waals surface area contributed by atoms with Crippen LogP contribution in [-0.2, 0) is 33.0 Å². The van der Waals surface area contributed by atoms with Crippen LogP contribution in [0.2, 0.25) is 36.3 Å². The third-order valence-corrected chi connectivity index (χ3v) is 23.0. The molecule has 0 N–H and O–H groups in total. The zero-order chi connectivity index (χ0) is 45.2. The van der Waals surface area contributed by atoms with E-state index in [4.69, 9.17) is 18.3 Å². The van der Waals surface area contributed by atoms with Crippen LogP contribution in [0.25, 0.3) is 0 Å². The minimum atomic E-state index is -3.53. The molecule has 1 aliphatic heterocycles. The molecule has 2 rings (SSSR count). The maximum atomic E-state index is 13.0. The van der Waals surface area contributed by atoms with Crippen LogP contribution in [0.3, 0.4) is 0 Å². The molecular weight excluding hydrogens is 789 g/mol. The highest BCUT2D eigenvalue weighted by Gasteiger charge is 2.47. The van der Waals surface area contributed by atoms with Gasteiger partial charge in [-0.05, 0) is 108 Å². The molecule has 0 aromatic heterocycles. The molecular formula is C49H82O7SSi2. The molecule has 1 aliphatic rings. The van der Waals surface area contributed by atoms with Gasteiger partial charge in [-0.2, -0.15) is 0 Å². The van der Waals surface area contributed by atoms with Crippen molar-refractivity contribution < 1.29 is 31.5 Å². The Labute approximate surface area is 363 Å². The van der Waals surface area contributed by atoms with E-state index in [2.05, 4.69) is 132 Å². The molecule has 1 fully saturated rings. The minimum absolute atomic E-state index is 0.0365. The van der Waals surface area contributed by atoms with Gasteiger partial charge in [-0.25, -0.2) is 8.42 Å². The van der Waals surface area contributed by atoms with Gasteiger partial charge in [0.2, 0.25) is 0 Å². The van der Waals surface area contributed by atoms with Gasteiger partial charge >= 0.3 is 5.97 Å². The van der Waals surface area contributed by atoms with Gasteiger partial charge in [0.1, 0.15) is 6.10 Å². The highest BCUT2D eigenvalue weighted by molar-refractivity contribution is 7.91. The summed E-state index contributed by atoms with van der Waals surface area (Å²) in [6.07, 6.45) is 17.5. The number of ether oxygens (including phenoxy) is 2. The van der Waals surface area contributed by atoms with E-state index in [9.17, 15) is 13.2 Å². The Kier molecular flexibility index (Phi) is 19.4. The Bertz CT molecular complexity index is 1750. The highest BCUT2D eigenvalue weighted by atomic mass is 32.2. The smallest absolute Gasteiger partial charge is 0.311 e. The number of esters is 1. The Morgan fingerprint density at radius 1 is 0.932 bits per heavy atom. The molecule has 0 bridgehead atoms. The molecule has 1 aromatic carbocycles. The summed E-state index contributed by atoms with van der Waals surface area (Å²) in [7, 11) is -7.73. The molecule has 10 heteroatoms. The number of hydrogen-bond donors (Lipinski definition) is 0. The van der Waals surface area contributed by atoms with Crippen molar-refractivity contribution in [1.29, 1.82) is 0 Å². The maximum Gasteiger partial charge on any atom is 0.311 e. The summed E-state index contributed by atoms with van der Waals surface area (Å²) >= 11 is 0. The minimum Gasteiger partial charge on any atom is -0.458 e. The Hall–Kier alpha value is -2.35. The first-order valence-electron chi connectivity index (χ1n) is 21.7. The third-order valence-electron chi connectivity index (χ3n) is 12.2. The molecule has 1 aromatic rings. The second-order valence-corrected chi connectivity index (χ2v) is 32.6. The maximum absolute atomic E-state index is 13.0. The van der Waals surface area contributed by atoms with Crippen molar-refractivity contribution in [3.8, 4) is 0 Å². The second kappa shape index (κ2) is 21.6. The standard InChI is InChI=1S/C49H82O7SSi2/c1-19-24-42-39(5)44(56-59(17,18)49(12,13)14)35-45(54-42)43(55-58(15,16)48(9,10)11)28-23-25-36(2)33-38(4)34-37(3)29-30-40(53-46(50)47(6,7)8)31-32-57(51,52)41-26-21-20-22-27-41/h19-30,34,38-40,42-45H,31-33,35H2,1-18H3/b24-19+,28-23+,30-29+,36-25+,37-34-/t38-,39-,40+,42+,43-,44-,45+/m0/s1. The lowest BCUT2D eigenvalue weighted by Crippen LogP contribution is -2.55. The van der Waals surface area contributed by atoms with Crippen LogP contribution in [0.5, 0.6) is 0 Å². The molecule has 1 heterocycles. The third kappa shape index (κ3) is 16.8. The second-order valence-electron chi connectivity index (χ2n) is 21.0. The topological polar surface area (TPSA) is 88.1 Å². The number of rotatable bonds is 18. The average Bonchev–Trinajstić information content (AvgIpc) is 3.09. The lowest BCUT2D eigenvalue weighted by Gasteiger charge is -2.48. The summed E-state index contributed by atoms with van der Waals surface area (Å²) < 4.78 is 53.1. The zero-order valence-electron chi connectivity index (χ0n) is 40.1. The fraction of sp³-hybridized carbons (Fsp3) is 0.653. The van der Waals surface area contributed by atoms with Gasteiger partial charge in [0, 0.05) is 18.8 Å². The van der Waals surface area contributed by atoms with Gasteiger partial charge in [0.25, 0.3) is 0 Å². The van der Waals surface area contributed by atoms with Crippen molar-refractivity contribution in [2.24, 2.45) is 17.3 Å². The number of hydrogen-bond acceptors (Lipinski definition) is 7. The van der Waals surface area contributed by atoms with Crippen molar-refractivity contribution in [1.82, 2.24) is 0 Å². The van der Waals surface area contributed by atoms with Crippen LogP contribution in [0.15, 0.2) is 95.0 Å². The van der Waals surface area contributed by atoms with Gasteiger partial charge in [0.15, 0.2) is 26.5 Å². The van der Waals surface area contributed by atoms with Crippen LogP contribution in [0, 0.1) is 17.3 Å². The molecule has 7 atom stereocenters. The van der Waals surface area contributed by atoms with Crippen molar-refractivity contribution >= 4 is 32.4 Å². The molecule has 0 radical (unpaired) electrons. The SMILES string of the molecule is C/C=C/[C@H]1O[C@@H]([C@H](/C=C/C=C(\C)C[C@H](C)/C=C(C)\C=C\[C@H](CCS(=O)(=O)c2ccccc2)OC(=O)C(C)(C)C)O[Si](C)(C)C(C)(C)C)C[C@H](O[Si](C)(C)C(C)(C)C)[C@H]1C. The molecule has 1 saturated heterocycles. The molecule has 59 heavy (non-hydrogen) atoms. The van der Waals surface area contributed by atoms with Crippen LogP contribution in [0.1, 0.15) is 116 Å². The monoisotopic (exact) mass is 871 g/mol. The molecule has 0 spiro atoms. The van der Waals surface area contributed by atoms with Crippen molar-refractivity contribution in [3.05, 3.63) is 90.1 Å². The lowest BCUT2D eigenvalue weighted by molar-refractivity contribution is -0.156. The van der Waals surface area contributed by atoms with Crippen LogP contribution in [0.4, 0.5) is 0 Å². The summed E-state index contributed by atoms with van der Waals surface area (Å²) in [5, 5.41) is 0.142. The molecule has 0 amide bonds. The van der Waals surface area contributed by atoms with E-state index in [-0.39, 0.29) is 69.4 Å². The zero-order valence-corrected chi connectivity index (χ0v) is 43.0. The molecule has 7 nitrogen and oxygen atoms in total. The van der Waals surface area contributed by atoms with Gasteiger partial charge in [0.05, 0.1) is 40.5 Å². The molecule has 0 aliphatic carbocycles. The van der Waals surface area contributed by atoms with Crippen molar-refractivity contribution in [2.45, 2.75) is 188 Å². The Morgan fingerprint density at radius 2 is 1.53 bits per heavy atom. The van der Waals surface area contributed by atoms with Crippen LogP contribution >= 0.6 is 0 Å². The first-order chi connectivity index (χ1) is 26.9. The largest absolute Gasteiger partial charge is 0.458 e. The first kappa shape index (κ1) is 52.8. The van der Waals surface area contributed by atoms with E-state index in [1.807, 2.05) is 19.1 Å². The fourth-order valence-corrected chi connectivity index (χ4v) is 10.4. The highest BCUT2D eigenvalue weighted by Crippen LogP contribution is 2.43. The predicted octanol–water partition coefficient (Wildman–Crippen LogP) is 13.0. The molecule has 334 valence electrons. The fourth-order valence-electron chi connectivity index (χ4n) is 6.38. The molecule has 0 saturated carbocycles. The number of benzene rings is 1. The Morgan fingerprint density at radius 3 is 2.07 bits per heavy atom. The first-order valence-corrected chi connectivity index (χ1v) is 29.2. The van der Waals surface area contributed by atoms with Gasteiger partial charge in [-0.15, -0.1) is 0 Å². The number of sulfone groups is 1. The van der Waals surface area contributed by atoms with Crippen molar-refractivity contribution in [2.75, 3.05) is 5.75 Å². The average molecular weight is 871 g/mol. The summed E-state index contributed by atoms with van der Waals surface area (Å²) in [4.78, 5) is 13.1. The van der Waals surface area contributed by atoms with Gasteiger partial charge in [-0.3, -0.25) is 4.79 Å². The van der Waals surface area contributed by atoms with Gasteiger partial charge < -0.3 is 18.3 Å². The van der Waals surface area contributed by atoms with E-state index >= 15 is 0 Å². The predicted molar refractivity (Wildman–Crippen MR) is 253 cm³/mol. The molecule has 0 unspecified atom stereocenters. The normalized spacial score (nSPS) is 22.6. The van der Waals surface area contributed by atoms with E-state index in [1.165, 1.54) is 5.57 Å². The van der Waals surface area contributed by atoms with E-state index in [0.29, 0.717) is 0 Å². The lowest BCUT2D eigenvalue weighted by atomic mass is 9.88. The summed E-state index contributed by atoms with van der Waals surface area (Å²) in [6, 6.07) is 8.40. The van der Waals surface area contributed by atoms with Gasteiger partial charge in [-0.1, -0.05) is 127 Å². The number of allylic oxidation sites excluding steroid dienone is 7. The van der Waals surface area contributed by atoms with Crippen molar-refractivity contribution in [3.63, 3.8) is 0 Å². The van der Waals surface area contributed by atoms with E-state index < -0.39 is 38.0 Å². The number of carbonyl (C=O) groups is 1. The number of carbonyl (C=O) groups excluding carboxylic acids is 1. The van der Waals surface area contributed by atoms with Crippen LogP contribution < -0.4 is 0 Å². The van der Waals surface area contributed by atoms with E-state index in [0.717, 1.165) is 18.4 Å². The van der Waals surface area contributed by atoms with Crippen LogP contribution in [-0.4, -0.2) is 67.3 Å². The van der Waals surface area contributed by atoms with E-state index in [1.54, 1.807) is 51.1 Å².